The summed E-state index contributed by atoms with van der Waals surface area (Å²) in [6, 6.07) is 5.11. The molecule has 0 atom stereocenters. The van der Waals surface area contributed by atoms with Crippen molar-refractivity contribution in [2.75, 3.05) is 13.6 Å². The molecule has 2 rings (SSSR count). The van der Waals surface area contributed by atoms with Crippen LogP contribution in [0, 0.1) is 19.7 Å². The fourth-order valence-corrected chi connectivity index (χ4v) is 2.81. The number of hydrogen-bond acceptors (Lipinski definition) is 3. The Morgan fingerprint density at radius 1 is 1.30 bits per heavy atom. The van der Waals surface area contributed by atoms with E-state index in [1.54, 1.807) is 31.4 Å². The Hall–Kier alpha value is -1.22. The summed E-state index contributed by atoms with van der Waals surface area (Å²) < 4.78 is 13.2. The maximum absolute atomic E-state index is 13.2. The zero-order valence-electron chi connectivity index (χ0n) is 13.5. The summed E-state index contributed by atoms with van der Waals surface area (Å²) in [5, 5.41) is 7.60. The molecular formula is C16H22FIN4S. The van der Waals surface area contributed by atoms with Crippen molar-refractivity contribution in [2.24, 2.45) is 4.99 Å². The zero-order valence-corrected chi connectivity index (χ0v) is 16.7. The topological polar surface area (TPSA) is 49.3 Å². The lowest BCUT2D eigenvalue weighted by Crippen LogP contribution is -2.37. The Morgan fingerprint density at radius 3 is 2.70 bits per heavy atom. The first-order chi connectivity index (χ1) is 10.6. The number of guanidine groups is 1. The Morgan fingerprint density at radius 2 is 2.09 bits per heavy atom. The smallest absolute Gasteiger partial charge is 0.191 e. The highest BCUT2D eigenvalue weighted by Gasteiger charge is 2.02. The zero-order chi connectivity index (χ0) is 15.9. The van der Waals surface area contributed by atoms with Gasteiger partial charge in [0, 0.05) is 37.6 Å². The van der Waals surface area contributed by atoms with Crippen molar-refractivity contribution < 1.29 is 4.39 Å². The lowest BCUT2D eigenvalue weighted by Gasteiger charge is -2.12. The van der Waals surface area contributed by atoms with E-state index in [4.69, 9.17) is 0 Å². The first-order valence-electron chi connectivity index (χ1n) is 7.19. The van der Waals surface area contributed by atoms with Crippen LogP contribution in [0.4, 0.5) is 4.39 Å². The van der Waals surface area contributed by atoms with E-state index in [-0.39, 0.29) is 29.8 Å². The molecule has 0 saturated heterocycles. The highest BCUT2D eigenvalue weighted by Crippen LogP contribution is 2.11. The molecule has 23 heavy (non-hydrogen) atoms. The second-order valence-corrected chi connectivity index (χ2v) is 6.37. The predicted molar refractivity (Wildman–Crippen MR) is 105 cm³/mol. The molecular weight excluding hydrogens is 426 g/mol. The van der Waals surface area contributed by atoms with Crippen molar-refractivity contribution in [2.45, 2.75) is 26.8 Å². The average molecular weight is 448 g/mol. The summed E-state index contributed by atoms with van der Waals surface area (Å²) in [6.07, 6.45) is 2.76. The molecule has 0 amide bonds. The fraction of sp³-hybridized carbons (Fsp3) is 0.375. The number of aryl methyl sites for hydroxylation is 2. The molecule has 0 spiro atoms. The molecule has 0 bridgehead atoms. The van der Waals surface area contributed by atoms with Gasteiger partial charge in [0.2, 0.25) is 0 Å². The normalized spacial score (nSPS) is 11.0. The molecule has 2 N–H and O–H groups in total. The largest absolute Gasteiger partial charge is 0.356 e. The highest BCUT2D eigenvalue weighted by atomic mass is 127. The molecule has 126 valence electrons. The van der Waals surface area contributed by atoms with E-state index in [2.05, 4.69) is 27.5 Å². The van der Waals surface area contributed by atoms with Gasteiger partial charge in [-0.3, -0.25) is 4.99 Å². The van der Waals surface area contributed by atoms with Gasteiger partial charge in [0.1, 0.15) is 5.82 Å². The Balaban J connectivity index is 0.00000264. The van der Waals surface area contributed by atoms with E-state index in [1.807, 2.05) is 12.3 Å². The van der Waals surface area contributed by atoms with Crippen molar-refractivity contribution in [1.29, 1.82) is 0 Å². The number of nitrogens with one attached hydrogen (secondary N) is 2. The third-order valence-electron chi connectivity index (χ3n) is 3.21. The molecule has 2 aromatic rings. The maximum atomic E-state index is 13.2. The number of aromatic nitrogens is 1. The Labute approximate surface area is 157 Å². The number of rotatable bonds is 5. The molecule has 0 aliphatic heterocycles. The second-order valence-electron chi connectivity index (χ2n) is 5.05. The van der Waals surface area contributed by atoms with Gasteiger partial charge in [0.25, 0.3) is 0 Å². The molecule has 0 aliphatic carbocycles. The number of aliphatic imine (C=N–C) groups is 1. The van der Waals surface area contributed by atoms with Crippen LogP contribution in [-0.4, -0.2) is 24.5 Å². The molecule has 7 heteroatoms. The van der Waals surface area contributed by atoms with E-state index in [0.717, 1.165) is 29.5 Å². The summed E-state index contributed by atoms with van der Waals surface area (Å²) in [4.78, 5) is 9.74. The summed E-state index contributed by atoms with van der Waals surface area (Å²) in [5.74, 6) is 0.556. The van der Waals surface area contributed by atoms with Gasteiger partial charge in [-0.2, -0.15) is 0 Å². The number of hydrogen-bond donors (Lipinski definition) is 2. The van der Waals surface area contributed by atoms with Gasteiger partial charge < -0.3 is 10.6 Å². The van der Waals surface area contributed by atoms with Crippen LogP contribution in [0.3, 0.4) is 0 Å². The monoisotopic (exact) mass is 448 g/mol. The quantitative estimate of drug-likeness (QED) is 0.419. The van der Waals surface area contributed by atoms with Crippen molar-refractivity contribution in [3.8, 4) is 0 Å². The number of benzene rings is 1. The van der Waals surface area contributed by atoms with Crippen LogP contribution < -0.4 is 10.6 Å². The van der Waals surface area contributed by atoms with Crippen LogP contribution in [0.1, 0.15) is 21.0 Å². The van der Waals surface area contributed by atoms with E-state index < -0.39 is 0 Å². The summed E-state index contributed by atoms with van der Waals surface area (Å²) in [5.41, 5.74) is 1.68. The van der Waals surface area contributed by atoms with Crippen LogP contribution in [0.25, 0.3) is 0 Å². The van der Waals surface area contributed by atoms with Crippen molar-refractivity contribution >= 4 is 41.3 Å². The number of thiazole rings is 1. The third kappa shape index (κ3) is 6.42. The van der Waals surface area contributed by atoms with E-state index in [1.165, 1.54) is 10.9 Å². The van der Waals surface area contributed by atoms with Crippen molar-refractivity contribution in [1.82, 2.24) is 15.6 Å². The first-order valence-corrected chi connectivity index (χ1v) is 8.01. The Kier molecular flexibility index (Phi) is 8.46. The van der Waals surface area contributed by atoms with Gasteiger partial charge in [0.15, 0.2) is 5.96 Å². The van der Waals surface area contributed by atoms with Crippen LogP contribution in [-0.2, 0) is 13.0 Å². The number of nitrogens with zero attached hydrogens (tertiary/aromatic N) is 2. The molecule has 1 heterocycles. The molecule has 0 unspecified atom stereocenters. The molecule has 0 fully saturated rings. The minimum Gasteiger partial charge on any atom is -0.356 e. The minimum atomic E-state index is -0.176. The van der Waals surface area contributed by atoms with Gasteiger partial charge in [-0.1, -0.05) is 12.1 Å². The predicted octanol–water partition coefficient (Wildman–Crippen LogP) is 3.42. The highest BCUT2D eigenvalue weighted by molar-refractivity contribution is 14.0. The fourth-order valence-electron chi connectivity index (χ4n) is 2.03. The average Bonchev–Trinajstić information content (AvgIpc) is 2.91. The molecule has 0 saturated carbocycles. The van der Waals surface area contributed by atoms with Gasteiger partial charge in [-0.25, -0.2) is 9.37 Å². The SMILES string of the molecule is CN=C(NCCc1ncc(C)s1)NCc1ccc(F)c(C)c1.I. The summed E-state index contributed by atoms with van der Waals surface area (Å²) in [6.45, 7) is 5.20. The second kappa shape index (κ2) is 9.82. The minimum absolute atomic E-state index is 0. The molecule has 0 aliphatic rings. The standard InChI is InChI=1S/C16H21FN4S.HI/c1-11-8-13(4-5-14(11)17)10-21-16(18-3)19-7-6-15-20-9-12(2)22-15;/h4-5,8-9H,6-7,10H2,1-3H3,(H2,18,19,21);1H. The van der Waals surface area contributed by atoms with Gasteiger partial charge in [-0.15, -0.1) is 35.3 Å². The van der Waals surface area contributed by atoms with Crippen LogP contribution in [0.15, 0.2) is 29.4 Å². The van der Waals surface area contributed by atoms with Crippen molar-refractivity contribution in [3.63, 3.8) is 0 Å². The third-order valence-corrected chi connectivity index (χ3v) is 4.18. The molecule has 0 radical (unpaired) electrons. The molecule has 4 nitrogen and oxygen atoms in total. The van der Waals surface area contributed by atoms with Gasteiger partial charge in [0.05, 0.1) is 5.01 Å². The summed E-state index contributed by atoms with van der Waals surface area (Å²) >= 11 is 1.71. The van der Waals surface area contributed by atoms with Crippen molar-refractivity contribution in [3.05, 3.63) is 51.2 Å². The molecule has 1 aromatic heterocycles. The number of halogens is 2. The maximum Gasteiger partial charge on any atom is 0.191 e. The van der Waals surface area contributed by atoms with Crippen LogP contribution in [0.5, 0.6) is 0 Å². The lowest BCUT2D eigenvalue weighted by atomic mass is 10.1. The van der Waals surface area contributed by atoms with E-state index in [0.29, 0.717) is 12.1 Å². The Bertz CT molecular complexity index is 657. The van der Waals surface area contributed by atoms with Gasteiger partial charge in [-0.05, 0) is 31.0 Å². The molecule has 1 aromatic carbocycles. The van der Waals surface area contributed by atoms with Crippen LogP contribution in [0.2, 0.25) is 0 Å². The first kappa shape index (κ1) is 19.8. The van der Waals surface area contributed by atoms with Gasteiger partial charge >= 0.3 is 0 Å². The van der Waals surface area contributed by atoms with Crippen LogP contribution >= 0.6 is 35.3 Å². The van der Waals surface area contributed by atoms with E-state index in [9.17, 15) is 4.39 Å². The lowest BCUT2D eigenvalue weighted by molar-refractivity contribution is 0.617. The summed E-state index contributed by atoms with van der Waals surface area (Å²) in [7, 11) is 1.73. The van der Waals surface area contributed by atoms with E-state index >= 15 is 0 Å².